The zero-order valence-corrected chi connectivity index (χ0v) is 13.4. The molecule has 1 fully saturated rings. The van der Waals surface area contributed by atoms with Crippen LogP contribution in [0.1, 0.15) is 23.4 Å². The van der Waals surface area contributed by atoms with E-state index in [1.807, 2.05) is 13.0 Å². The predicted octanol–water partition coefficient (Wildman–Crippen LogP) is 2.14. The van der Waals surface area contributed by atoms with Crippen LogP contribution in [0.3, 0.4) is 0 Å². The Kier molecular flexibility index (Phi) is 5.01. The molecule has 1 aliphatic rings. The predicted molar refractivity (Wildman–Crippen MR) is 86.0 cm³/mol. The van der Waals surface area contributed by atoms with Gasteiger partial charge in [0.05, 0.1) is 36.2 Å². The van der Waals surface area contributed by atoms with Crippen molar-refractivity contribution in [3.05, 3.63) is 41.4 Å². The number of hydrogen-bond acceptors (Lipinski definition) is 5. The highest BCUT2D eigenvalue weighted by atomic mass is 19.3. The van der Waals surface area contributed by atoms with Crippen LogP contribution in [0.2, 0.25) is 0 Å². The molecule has 1 aliphatic carbocycles. The Morgan fingerprint density at radius 3 is 2.70 bits per heavy atom. The first-order valence-electron chi connectivity index (χ1n) is 7.29. The van der Waals surface area contributed by atoms with Gasteiger partial charge in [0.15, 0.2) is 0 Å². The lowest BCUT2D eigenvalue weighted by Gasteiger charge is -2.20. The van der Waals surface area contributed by atoms with E-state index in [9.17, 15) is 8.78 Å². The molecule has 126 valence electrons. The third-order valence-electron chi connectivity index (χ3n) is 3.87. The molecule has 0 radical (unpaired) electrons. The van der Waals surface area contributed by atoms with Crippen molar-refractivity contribution in [2.75, 3.05) is 20.3 Å². The normalized spacial score (nSPS) is 20.0. The van der Waals surface area contributed by atoms with Gasteiger partial charge in [-0.15, -0.1) is 0 Å². The Hall–Kier alpha value is -1.99. The Morgan fingerprint density at radius 2 is 2.22 bits per heavy atom. The van der Waals surface area contributed by atoms with Crippen molar-refractivity contribution < 1.29 is 13.5 Å². The van der Waals surface area contributed by atoms with Gasteiger partial charge in [0.1, 0.15) is 0 Å². The Labute approximate surface area is 134 Å². The summed E-state index contributed by atoms with van der Waals surface area (Å²) in [5, 5.41) is 1.32. The minimum atomic E-state index is -2.59. The number of aryl methyl sites for hydroxylation is 1. The van der Waals surface area contributed by atoms with Crippen molar-refractivity contribution in [1.82, 2.24) is 9.99 Å². The number of hydrogen-bond donors (Lipinski definition) is 2. The molecule has 1 heterocycles. The van der Waals surface area contributed by atoms with Crippen molar-refractivity contribution in [3.8, 4) is 0 Å². The fourth-order valence-corrected chi connectivity index (χ4v) is 2.20. The zero-order valence-electron chi connectivity index (χ0n) is 13.4. The number of nitrogens with two attached hydrogens (primary N) is 2. The number of halogens is 2. The lowest BCUT2D eigenvalue weighted by atomic mass is 10.1. The summed E-state index contributed by atoms with van der Waals surface area (Å²) in [5.41, 5.74) is 9.24. The van der Waals surface area contributed by atoms with Crippen LogP contribution in [-0.4, -0.2) is 36.2 Å². The zero-order chi connectivity index (χ0) is 17.2. The lowest BCUT2D eigenvalue weighted by molar-refractivity contribution is 0.0574. The summed E-state index contributed by atoms with van der Waals surface area (Å²) in [6, 6.07) is 3.62. The van der Waals surface area contributed by atoms with Crippen molar-refractivity contribution in [2.45, 2.75) is 19.3 Å². The second kappa shape index (κ2) is 6.64. The molecule has 0 aromatic carbocycles. The molecule has 2 rings (SSSR count). The maximum absolute atomic E-state index is 12.8. The smallest absolute Gasteiger partial charge is 0.253 e. The second-order valence-electron chi connectivity index (χ2n) is 5.72. The number of nitrogens with zero attached hydrogens (tertiary/aromatic N) is 2. The van der Waals surface area contributed by atoms with Gasteiger partial charge in [0.25, 0.3) is 5.92 Å². The summed E-state index contributed by atoms with van der Waals surface area (Å²) in [4.78, 5) is 4.41. The van der Waals surface area contributed by atoms with E-state index in [2.05, 4.69) is 11.6 Å². The molecule has 0 spiro atoms. The molecule has 0 aliphatic heterocycles. The molecule has 0 saturated heterocycles. The van der Waals surface area contributed by atoms with Gasteiger partial charge in [0.2, 0.25) is 0 Å². The SMILES string of the molecule is C=Cc1ccc(/C(N)=C(\COCC2CC2(F)F)N(C)N)nc1C. The van der Waals surface area contributed by atoms with Crippen LogP contribution in [0, 0.1) is 12.8 Å². The highest BCUT2D eigenvalue weighted by Crippen LogP contribution is 2.48. The largest absolute Gasteiger partial charge is 0.395 e. The fraction of sp³-hybridized carbons (Fsp3) is 0.438. The van der Waals surface area contributed by atoms with E-state index in [-0.39, 0.29) is 19.6 Å². The average molecular weight is 324 g/mol. The number of hydrazine groups is 1. The Balaban J connectivity index is 2.11. The summed E-state index contributed by atoms with van der Waals surface area (Å²) in [5.74, 6) is 2.48. The maximum atomic E-state index is 12.8. The van der Waals surface area contributed by atoms with E-state index in [4.69, 9.17) is 16.3 Å². The van der Waals surface area contributed by atoms with E-state index in [0.29, 0.717) is 17.1 Å². The van der Waals surface area contributed by atoms with Crippen LogP contribution in [-0.2, 0) is 4.74 Å². The minimum absolute atomic E-state index is 0.0144. The highest BCUT2D eigenvalue weighted by Gasteiger charge is 2.56. The van der Waals surface area contributed by atoms with E-state index in [0.717, 1.165) is 11.3 Å². The molecule has 0 bridgehead atoms. The molecule has 1 aromatic heterocycles. The first kappa shape index (κ1) is 17.4. The molecule has 7 heteroatoms. The number of likely N-dealkylation sites (N-methyl/N-ethyl adjacent to an activating group) is 1. The first-order valence-corrected chi connectivity index (χ1v) is 7.29. The number of alkyl halides is 2. The number of rotatable bonds is 7. The molecule has 0 amide bonds. The minimum Gasteiger partial charge on any atom is -0.395 e. The molecule has 1 unspecified atom stereocenters. The standard InChI is InChI=1S/C16H22F2N4O/c1-4-11-5-6-13(21-10(11)2)15(19)14(22(3)20)9-23-8-12-7-16(12,17)18/h4-6,12H,1,7-9,19-20H2,2-3H3/b15-14-. The summed E-state index contributed by atoms with van der Waals surface area (Å²) in [7, 11) is 1.61. The summed E-state index contributed by atoms with van der Waals surface area (Å²) >= 11 is 0. The molecule has 1 aromatic rings. The van der Waals surface area contributed by atoms with E-state index >= 15 is 0 Å². The van der Waals surface area contributed by atoms with Gasteiger partial charge in [-0.25, -0.2) is 14.6 Å². The number of aromatic nitrogens is 1. The summed E-state index contributed by atoms with van der Waals surface area (Å²) in [6.45, 7) is 5.60. The fourth-order valence-electron chi connectivity index (χ4n) is 2.20. The van der Waals surface area contributed by atoms with E-state index < -0.39 is 11.8 Å². The molecule has 1 saturated carbocycles. The number of ether oxygens (including phenoxy) is 1. The maximum Gasteiger partial charge on any atom is 0.253 e. The second-order valence-corrected chi connectivity index (χ2v) is 5.72. The van der Waals surface area contributed by atoms with Crippen LogP contribution in [0.5, 0.6) is 0 Å². The van der Waals surface area contributed by atoms with Crippen molar-refractivity contribution in [1.29, 1.82) is 0 Å². The van der Waals surface area contributed by atoms with E-state index in [1.165, 1.54) is 5.01 Å². The Bertz CT molecular complexity index is 629. The quantitative estimate of drug-likeness (QED) is 0.593. The third kappa shape index (κ3) is 4.05. The van der Waals surface area contributed by atoms with Gasteiger partial charge >= 0.3 is 0 Å². The third-order valence-corrected chi connectivity index (χ3v) is 3.87. The first-order chi connectivity index (χ1) is 10.8. The molecule has 1 atom stereocenters. The average Bonchev–Trinajstić information content (AvgIpc) is 3.09. The highest BCUT2D eigenvalue weighted by molar-refractivity contribution is 5.64. The summed E-state index contributed by atoms with van der Waals surface area (Å²) < 4.78 is 31.0. The van der Waals surface area contributed by atoms with Crippen LogP contribution in [0.4, 0.5) is 8.78 Å². The molecular formula is C16H22F2N4O. The van der Waals surface area contributed by atoms with Gasteiger partial charge in [-0.3, -0.25) is 4.98 Å². The lowest BCUT2D eigenvalue weighted by Crippen LogP contribution is -2.31. The Morgan fingerprint density at radius 1 is 1.57 bits per heavy atom. The van der Waals surface area contributed by atoms with Crippen LogP contribution >= 0.6 is 0 Å². The van der Waals surface area contributed by atoms with E-state index in [1.54, 1.807) is 19.2 Å². The van der Waals surface area contributed by atoms with Crippen molar-refractivity contribution >= 4 is 11.8 Å². The molecule has 23 heavy (non-hydrogen) atoms. The van der Waals surface area contributed by atoms with Crippen LogP contribution in [0.15, 0.2) is 24.4 Å². The van der Waals surface area contributed by atoms with Gasteiger partial charge in [-0.05, 0) is 18.6 Å². The van der Waals surface area contributed by atoms with Crippen LogP contribution in [0.25, 0.3) is 11.8 Å². The van der Waals surface area contributed by atoms with Gasteiger partial charge in [0, 0.05) is 19.2 Å². The van der Waals surface area contributed by atoms with Crippen molar-refractivity contribution in [3.63, 3.8) is 0 Å². The molecular weight excluding hydrogens is 302 g/mol. The van der Waals surface area contributed by atoms with Gasteiger partial charge in [-0.1, -0.05) is 18.7 Å². The van der Waals surface area contributed by atoms with Crippen molar-refractivity contribution in [2.24, 2.45) is 17.5 Å². The monoisotopic (exact) mass is 324 g/mol. The molecule has 5 nitrogen and oxygen atoms in total. The van der Waals surface area contributed by atoms with Gasteiger partial charge in [-0.2, -0.15) is 0 Å². The van der Waals surface area contributed by atoms with Crippen LogP contribution < -0.4 is 11.6 Å². The molecule has 4 N–H and O–H groups in total. The van der Waals surface area contributed by atoms with Gasteiger partial charge < -0.3 is 15.5 Å². The summed E-state index contributed by atoms with van der Waals surface area (Å²) in [6.07, 6.45) is 1.59. The number of pyridine rings is 1. The topological polar surface area (TPSA) is 77.4 Å².